The molecule has 0 fully saturated rings. The van der Waals surface area contributed by atoms with Gasteiger partial charge in [-0.15, -0.1) is 0 Å². The topological polar surface area (TPSA) is 108 Å². The van der Waals surface area contributed by atoms with Crippen molar-refractivity contribution < 1.29 is 23.9 Å². The highest BCUT2D eigenvalue weighted by Crippen LogP contribution is 2.08. The number of hydrogen-bond acceptors (Lipinski definition) is 5. The van der Waals surface area contributed by atoms with Crippen LogP contribution in [0.1, 0.15) is 25.8 Å². The van der Waals surface area contributed by atoms with E-state index in [4.69, 9.17) is 15.2 Å². The van der Waals surface area contributed by atoms with Crippen molar-refractivity contribution in [2.24, 2.45) is 11.7 Å². The maximum absolute atomic E-state index is 11.9. The summed E-state index contributed by atoms with van der Waals surface area (Å²) < 4.78 is 10.2. The van der Waals surface area contributed by atoms with Crippen LogP contribution < -0.4 is 11.1 Å². The second-order valence-electron chi connectivity index (χ2n) is 5.39. The third-order valence-corrected chi connectivity index (χ3v) is 3.30. The Balaban J connectivity index is 2.42. The quantitative estimate of drug-likeness (QED) is 0.613. The summed E-state index contributed by atoms with van der Waals surface area (Å²) in [4.78, 5) is 34.9. The van der Waals surface area contributed by atoms with Crippen LogP contribution in [0.4, 0.5) is 0 Å². The molecule has 0 saturated heterocycles. The SMILES string of the molecule is CCOC(=O)[C@H](C)C[C@@H](NC(=O)COCc1ccccc1)C(N)=O. The van der Waals surface area contributed by atoms with Crippen molar-refractivity contribution in [3.05, 3.63) is 35.9 Å². The predicted octanol–water partition coefficient (Wildman–Crippen LogP) is 0.763. The van der Waals surface area contributed by atoms with E-state index in [0.29, 0.717) is 0 Å². The number of primary amides is 1. The van der Waals surface area contributed by atoms with Crippen LogP contribution in [-0.4, -0.2) is 37.0 Å². The molecule has 132 valence electrons. The summed E-state index contributed by atoms with van der Waals surface area (Å²) in [5, 5.41) is 2.48. The monoisotopic (exact) mass is 336 g/mol. The summed E-state index contributed by atoms with van der Waals surface area (Å²) in [5.74, 6) is -2.15. The lowest BCUT2D eigenvalue weighted by Crippen LogP contribution is -2.47. The van der Waals surface area contributed by atoms with E-state index in [9.17, 15) is 14.4 Å². The molecule has 0 aliphatic carbocycles. The van der Waals surface area contributed by atoms with Crippen molar-refractivity contribution in [3.8, 4) is 0 Å². The van der Waals surface area contributed by atoms with Gasteiger partial charge in [0.25, 0.3) is 0 Å². The van der Waals surface area contributed by atoms with Crippen LogP contribution in [0.25, 0.3) is 0 Å². The molecule has 0 heterocycles. The average Bonchev–Trinajstić information content (AvgIpc) is 2.55. The molecule has 2 atom stereocenters. The number of nitrogens with one attached hydrogen (secondary N) is 1. The lowest BCUT2D eigenvalue weighted by atomic mass is 10.0. The maximum atomic E-state index is 11.9. The van der Waals surface area contributed by atoms with Gasteiger partial charge in [0.2, 0.25) is 11.8 Å². The van der Waals surface area contributed by atoms with Gasteiger partial charge >= 0.3 is 5.97 Å². The van der Waals surface area contributed by atoms with E-state index in [1.165, 1.54) is 0 Å². The van der Waals surface area contributed by atoms with E-state index >= 15 is 0 Å². The van der Waals surface area contributed by atoms with E-state index in [2.05, 4.69) is 5.32 Å². The molecule has 0 spiro atoms. The number of carbonyl (C=O) groups excluding carboxylic acids is 3. The van der Waals surface area contributed by atoms with Gasteiger partial charge in [0, 0.05) is 0 Å². The molecule has 1 rings (SSSR count). The summed E-state index contributed by atoms with van der Waals surface area (Å²) in [7, 11) is 0. The molecule has 7 heteroatoms. The molecule has 1 aromatic rings. The van der Waals surface area contributed by atoms with Crippen LogP contribution in [0.15, 0.2) is 30.3 Å². The van der Waals surface area contributed by atoms with Crippen LogP contribution in [0, 0.1) is 5.92 Å². The van der Waals surface area contributed by atoms with Gasteiger partial charge < -0.3 is 20.5 Å². The molecule has 24 heavy (non-hydrogen) atoms. The van der Waals surface area contributed by atoms with Crippen LogP contribution in [-0.2, 0) is 30.5 Å². The molecule has 0 bridgehead atoms. The van der Waals surface area contributed by atoms with Crippen LogP contribution in [0.5, 0.6) is 0 Å². The molecule has 0 unspecified atom stereocenters. The number of ether oxygens (including phenoxy) is 2. The minimum absolute atomic E-state index is 0.0819. The largest absolute Gasteiger partial charge is 0.466 e. The Labute approximate surface area is 141 Å². The van der Waals surface area contributed by atoms with Crippen LogP contribution >= 0.6 is 0 Å². The number of carbonyl (C=O) groups is 3. The lowest BCUT2D eigenvalue weighted by molar-refractivity contribution is -0.148. The van der Waals surface area contributed by atoms with Crippen molar-refractivity contribution in [1.29, 1.82) is 0 Å². The minimum atomic E-state index is -0.947. The fourth-order valence-electron chi connectivity index (χ4n) is 2.05. The average molecular weight is 336 g/mol. The molecule has 1 aromatic carbocycles. The van der Waals surface area contributed by atoms with Crippen LogP contribution in [0.3, 0.4) is 0 Å². The fraction of sp³-hybridized carbons (Fsp3) is 0.471. The van der Waals surface area contributed by atoms with Gasteiger partial charge in [-0.3, -0.25) is 14.4 Å². The molecule has 0 aliphatic rings. The van der Waals surface area contributed by atoms with E-state index in [-0.39, 0.29) is 26.2 Å². The first-order valence-corrected chi connectivity index (χ1v) is 7.81. The van der Waals surface area contributed by atoms with E-state index in [1.807, 2.05) is 30.3 Å². The van der Waals surface area contributed by atoms with Crippen molar-refractivity contribution in [2.45, 2.75) is 32.9 Å². The Morgan fingerprint density at radius 2 is 1.88 bits per heavy atom. The number of amides is 2. The maximum Gasteiger partial charge on any atom is 0.308 e. The summed E-state index contributed by atoms with van der Waals surface area (Å²) >= 11 is 0. The Morgan fingerprint density at radius 1 is 1.21 bits per heavy atom. The molecule has 0 aliphatic heterocycles. The second-order valence-corrected chi connectivity index (χ2v) is 5.39. The first-order chi connectivity index (χ1) is 11.4. The highest BCUT2D eigenvalue weighted by molar-refractivity contribution is 5.87. The normalized spacial score (nSPS) is 12.9. The highest BCUT2D eigenvalue weighted by Gasteiger charge is 2.25. The highest BCUT2D eigenvalue weighted by atomic mass is 16.5. The van der Waals surface area contributed by atoms with E-state index < -0.39 is 29.7 Å². The van der Waals surface area contributed by atoms with E-state index in [0.717, 1.165) is 5.56 Å². The first-order valence-electron chi connectivity index (χ1n) is 7.81. The molecule has 3 N–H and O–H groups in total. The zero-order valence-corrected chi connectivity index (χ0v) is 14.0. The molecular formula is C17H24N2O5. The summed E-state index contributed by atoms with van der Waals surface area (Å²) in [5.41, 5.74) is 6.22. The van der Waals surface area contributed by atoms with Gasteiger partial charge in [-0.1, -0.05) is 37.3 Å². The summed E-state index contributed by atoms with van der Waals surface area (Å²) in [6.07, 6.45) is 0.0819. The molecule has 0 radical (unpaired) electrons. The summed E-state index contributed by atoms with van der Waals surface area (Å²) in [6.45, 7) is 3.65. The third-order valence-electron chi connectivity index (χ3n) is 3.30. The standard InChI is InChI=1S/C17H24N2O5/c1-3-24-17(22)12(2)9-14(16(18)21)19-15(20)11-23-10-13-7-5-4-6-8-13/h4-8,12,14H,3,9-11H2,1-2H3,(H2,18,21)(H,19,20)/t12-,14-/m1/s1. The Morgan fingerprint density at radius 3 is 2.46 bits per heavy atom. The van der Waals surface area contributed by atoms with Gasteiger partial charge in [0.05, 0.1) is 19.1 Å². The Kier molecular flexibility index (Phi) is 8.49. The first kappa shape index (κ1) is 19.6. The number of nitrogens with two attached hydrogens (primary N) is 1. The predicted molar refractivity (Wildman–Crippen MR) is 87.6 cm³/mol. The van der Waals surface area contributed by atoms with Gasteiger partial charge in [0.15, 0.2) is 0 Å². The second kappa shape index (κ2) is 10.4. The van der Waals surface area contributed by atoms with Gasteiger partial charge in [-0.05, 0) is 18.9 Å². The number of hydrogen-bond donors (Lipinski definition) is 2. The number of rotatable bonds is 10. The Bertz CT molecular complexity index is 547. The molecule has 0 aromatic heterocycles. The minimum Gasteiger partial charge on any atom is -0.466 e. The van der Waals surface area contributed by atoms with Gasteiger partial charge in [-0.2, -0.15) is 0 Å². The third kappa shape index (κ3) is 7.23. The van der Waals surface area contributed by atoms with Crippen molar-refractivity contribution in [2.75, 3.05) is 13.2 Å². The Hall–Kier alpha value is -2.41. The molecular weight excluding hydrogens is 312 g/mol. The zero-order valence-electron chi connectivity index (χ0n) is 14.0. The van der Waals surface area contributed by atoms with Crippen molar-refractivity contribution in [3.63, 3.8) is 0 Å². The van der Waals surface area contributed by atoms with Gasteiger partial charge in [0.1, 0.15) is 12.6 Å². The molecule has 7 nitrogen and oxygen atoms in total. The molecule has 2 amide bonds. The fourth-order valence-corrected chi connectivity index (χ4v) is 2.05. The lowest BCUT2D eigenvalue weighted by Gasteiger charge is -2.18. The zero-order chi connectivity index (χ0) is 17.9. The van der Waals surface area contributed by atoms with Crippen molar-refractivity contribution >= 4 is 17.8 Å². The van der Waals surface area contributed by atoms with Crippen LogP contribution in [0.2, 0.25) is 0 Å². The van der Waals surface area contributed by atoms with Gasteiger partial charge in [-0.25, -0.2) is 0 Å². The van der Waals surface area contributed by atoms with Crippen molar-refractivity contribution in [1.82, 2.24) is 5.32 Å². The summed E-state index contributed by atoms with van der Waals surface area (Å²) in [6, 6.07) is 8.45. The molecule has 0 saturated carbocycles. The van der Waals surface area contributed by atoms with E-state index in [1.54, 1.807) is 13.8 Å². The number of esters is 1. The smallest absolute Gasteiger partial charge is 0.308 e. The number of benzene rings is 1.